The average molecular weight is 327 g/mol. The highest BCUT2D eigenvalue weighted by atomic mass is 32.1. The van der Waals surface area contributed by atoms with Crippen LogP contribution in [0.5, 0.6) is 5.75 Å². The molecule has 23 heavy (non-hydrogen) atoms. The van der Waals surface area contributed by atoms with Crippen molar-refractivity contribution in [2.75, 3.05) is 12.4 Å². The fourth-order valence-electron chi connectivity index (χ4n) is 2.33. The van der Waals surface area contributed by atoms with Gasteiger partial charge >= 0.3 is 0 Å². The molecule has 0 aliphatic rings. The third-order valence-corrected chi connectivity index (χ3v) is 4.40. The van der Waals surface area contributed by atoms with Crippen molar-refractivity contribution in [3.8, 4) is 17.0 Å². The molecule has 1 aromatic carbocycles. The van der Waals surface area contributed by atoms with Crippen LogP contribution in [0, 0.1) is 13.8 Å². The van der Waals surface area contributed by atoms with Crippen LogP contribution in [0.4, 0.5) is 10.8 Å². The molecule has 0 unspecified atom stereocenters. The topological polar surface area (TPSA) is 67.0 Å². The second-order valence-electron chi connectivity index (χ2n) is 5.14. The first-order valence-corrected chi connectivity index (χ1v) is 7.97. The number of thiazole rings is 1. The molecule has 0 saturated carbocycles. The molecule has 0 radical (unpaired) electrons. The number of rotatable bonds is 4. The van der Waals surface area contributed by atoms with Crippen LogP contribution >= 0.6 is 11.3 Å². The average Bonchev–Trinajstić information content (AvgIpc) is 2.88. The van der Waals surface area contributed by atoms with Crippen LogP contribution in [0.3, 0.4) is 0 Å². The van der Waals surface area contributed by atoms with E-state index in [1.54, 1.807) is 18.4 Å². The minimum absolute atomic E-state index is 0.101. The minimum atomic E-state index is -0.101. The predicted molar refractivity (Wildman–Crippen MR) is 93.9 cm³/mol. The van der Waals surface area contributed by atoms with Crippen molar-refractivity contribution in [1.29, 1.82) is 0 Å². The van der Waals surface area contributed by atoms with Gasteiger partial charge in [-0.25, -0.2) is 4.98 Å². The summed E-state index contributed by atoms with van der Waals surface area (Å²) in [6.07, 6.45) is 0. The molecule has 2 N–H and O–H groups in total. The molecule has 0 amide bonds. The van der Waals surface area contributed by atoms with Crippen LogP contribution in [0.25, 0.3) is 11.3 Å². The lowest BCUT2D eigenvalue weighted by Gasteiger charge is -2.04. The normalized spacial score (nSPS) is 10.6. The Bertz CT molecular complexity index is 882. The summed E-state index contributed by atoms with van der Waals surface area (Å²) in [4.78, 5) is 19.9. The number of nitrogens with zero attached hydrogens (tertiary/aromatic N) is 1. The zero-order valence-corrected chi connectivity index (χ0v) is 14.0. The Labute approximate surface area is 138 Å². The van der Waals surface area contributed by atoms with Gasteiger partial charge in [-0.05, 0) is 44.2 Å². The molecule has 6 heteroatoms. The number of aryl methyl sites for hydroxylation is 2. The predicted octanol–water partition coefficient (Wildman–Crippen LogP) is 3.87. The lowest BCUT2D eigenvalue weighted by atomic mass is 10.1. The van der Waals surface area contributed by atoms with Gasteiger partial charge in [0.15, 0.2) is 5.13 Å². The van der Waals surface area contributed by atoms with Gasteiger partial charge in [-0.1, -0.05) is 0 Å². The van der Waals surface area contributed by atoms with Crippen LogP contribution in [0.15, 0.2) is 41.2 Å². The highest BCUT2D eigenvalue weighted by Gasteiger charge is 2.12. The molecule has 0 saturated heterocycles. The van der Waals surface area contributed by atoms with Gasteiger partial charge in [0.05, 0.1) is 12.8 Å². The number of hydrogen-bond acceptors (Lipinski definition) is 5. The molecule has 0 aliphatic heterocycles. The van der Waals surface area contributed by atoms with E-state index in [1.165, 1.54) is 6.07 Å². The van der Waals surface area contributed by atoms with E-state index in [0.717, 1.165) is 38.4 Å². The molecule has 2 heterocycles. The van der Waals surface area contributed by atoms with Crippen LogP contribution < -0.4 is 15.6 Å². The lowest BCUT2D eigenvalue weighted by molar-refractivity contribution is 0.415. The molecule has 118 valence electrons. The van der Waals surface area contributed by atoms with E-state index >= 15 is 0 Å². The first-order chi connectivity index (χ1) is 11.1. The second kappa shape index (κ2) is 6.26. The highest BCUT2D eigenvalue weighted by molar-refractivity contribution is 7.16. The van der Waals surface area contributed by atoms with E-state index in [4.69, 9.17) is 4.74 Å². The second-order valence-corrected chi connectivity index (χ2v) is 6.34. The third-order valence-electron chi connectivity index (χ3n) is 3.51. The van der Waals surface area contributed by atoms with E-state index < -0.39 is 0 Å². The first-order valence-electron chi connectivity index (χ1n) is 7.15. The lowest BCUT2D eigenvalue weighted by Crippen LogP contribution is -2.05. The minimum Gasteiger partial charge on any atom is -0.497 e. The smallest absolute Gasteiger partial charge is 0.248 e. The standard InChI is InChI=1S/C17H17N3O2S/c1-10-14(8-9-15(21)18-10)16-11(2)23-17(20-16)19-12-4-6-13(22-3)7-5-12/h4-9H,1-3H3,(H,18,21)(H,19,20). The number of ether oxygens (including phenoxy) is 1. The fraction of sp³-hybridized carbons (Fsp3) is 0.176. The Morgan fingerprint density at radius 2 is 1.87 bits per heavy atom. The van der Waals surface area contributed by atoms with Crippen molar-refractivity contribution in [1.82, 2.24) is 9.97 Å². The summed E-state index contributed by atoms with van der Waals surface area (Å²) < 4.78 is 5.15. The maximum absolute atomic E-state index is 11.4. The summed E-state index contributed by atoms with van der Waals surface area (Å²) in [7, 11) is 1.64. The Morgan fingerprint density at radius 1 is 1.13 bits per heavy atom. The number of methoxy groups -OCH3 is 1. The summed E-state index contributed by atoms with van der Waals surface area (Å²) in [5.41, 5.74) is 3.50. The van der Waals surface area contributed by atoms with Crippen molar-refractivity contribution in [3.63, 3.8) is 0 Å². The van der Waals surface area contributed by atoms with Crippen molar-refractivity contribution in [2.24, 2.45) is 0 Å². The van der Waals surface area contributed by atoms with Gasteiger partial charge in [-0.15, -0.1) is 11.3 Å². The van der Waals surface area contributed by atoms with Gasteiger partial charge in [0.1, 0.15) is 5.75 Å². The van der Waals surface area contributed by atoms with Crippen LogP contribution in [0.1, 0.15) is 10.6 Å². The Morgan fingerprint density at radius 3 is 2.52 bits per heavy atom. The van der Waals surface area contributed by atoms with Crippen LogP contribution in [-0.2, 0) is 0 Å². The zero-order chi connectivity index (χ0) is 16.4. The maximum Gasteiger partial charge on any atom is 0.248 e. The van der Waals surface area contributed by atoms with Gasteiger partial charge in [0.25, 0.3) is 0 Å². The van der Waals surface area contributed by atoms with Crippen molar-refractivity contribution < 1.29 is 4.74 Å². The third kappa shape index (κ3) is 3.27. The molecule has 3 rings (SSSR count). The van der Waals surface area contributed by atoms with Crippen molar-refractivity contribution >= 4 is 22.2 Å². The number of hydrogen-bond donors (Lipinski definition) is 2. The first kappa shape index (κ1) is 15.3. The zero-order valence-electron chi connectivity index (χ0n) is 13.1. The molecular weight excluding hydrogens is 310 g/mol. The van der Waals surface area contributed by atoms with Crippen LogP contribution in [-0.4, -0.2) is 17.1 Å². The molecule has 0 fully saturated rings. The number of aromatic amines is 1. The Kier molecular flexibility index (Phi) is 4.16. The Hall–Kier alpha value is -2.60. The summed E-state index contributed by atoms with van der Waals surface area (Å²) in [6, 6.07) is 11.0. The van der Waals surface area contributed by atoms with Crippen LogP contribution in [0.2, 0.25) is 0 Å². The largest absolute Gasteiger partial charge is 0.497 e. The highest BCUT2D eigenvalue weighted by Crippen LogP contribution is 2.32. The SMILES string of the molecule is COc1ccc(Nc2nc(-c3ccc(=O)[nH]c3C)c(C)s2)cc1. The number of pyridine rings is 1. The molecule has 0 aliphatic carbocycles. The van der Waals surface area contributed by atoms with Crippen molar-refractivity contribution in [2.45, 2.75) is 13.8 Å². The van der Waals surface area contributed by atoms with Gasteiger partial charge in [-0.3, -0.25) is 4.79 Å². The fourth-order valence-corrected chi connectivity index (χ4v) is 3.18. The monoisotopic (exact) mass is 327 g/mol. The molecule has 2 aromatic heterocycles. The molecule has 3 aromatic rings. The van der Waals surface area contributed by atoms with E-state index in [-0.39, 0.29) is 5.56 Å². The van der Waals surface area contributed by atoms with E-state index in [1.807, 2.05) is 44.2 Å². The number of H-pyrrole nitrogens is 1. The van der Waals surface area contributed by atoms with E-state index in [9.17, 15) is 4.79 Å². The van der Waals surface area contributed by atoms with E-state index in [0.29, 0.717) is 0 Å². The molecular formula is C17H17N3O2S. The summed E-state index contributed by atoms with van der Waals surface area (Å²) in [6.45, 7) is 3.91. The number of benzene rings is 1. The molecule has 0 atom stereocenters. The van der Waals surface area contributed by atoms with E-state index in [2.05, 4.69) is 15.3 Å². The Balaban J connectivity index is 1.89. The maximum atomic E-state index is 11.4. The summed E-state index contributed by atoms with van der Waals surface area (Å²) >= 11 is 1.58. The summed E-state index contributed by atoms with van der Waals surface area (Å²) in [5.74, 6) is 0.815. The van der Waals surface area contributed by atoms with Gasteiger partial charge in [0.2, 0.25) is 5.56 Å². The molecule has 5 nitrogen and oxygen atoms in total. The van der Waals surface area contributed by atoms with Gasteiger partial charge in [-0.2, -0.15) is 0 Å². The van der Waals surface area contributed by atoms with Gasteiger partial charge in [0, 0.05) is 27.9 Å². The number of anilines is 2. The summed E-state index contributed by atoms with van der Waals surface area (Å²) in [5, 5.41) is 4.11. The quantitative estimate of drug-likeness (QED) is 0.763. The molecule has 0 spiro atoms. The number of aromatic nitrogens is 2. The van der Waals surface area contributed by atoms with Gasteiger partial charge < -0.3 is 15.0 Å². The number of nitrogens with one attached hydrogen (secondary N) is 2. The van der Waals surface area contributed by atoms with Crippen molar-refractivity contribution in [3.05, 3.63) is 57.3 Å². The molecule has 0 bridgehead atoms.